The lowest BCUT2D eigenvalue weighted by atomic mass is 10.1. The van der Waals surface area contributed by atoms with E-state index in [0.717, 1.165) is 25.9 Å². The molecule has 0 unspecified atom stereocenters. The SMILES string of the molecule is COc1ccc(S(=O)(=O)N(C)C2CC[NH+](C)CC2)cc1Br. The summed E-state index contributed by atoms with van der Waals surface area (Å²) >= 11 is 3.34. The number of rotatable bonds is 4. The van der Waals surface area contributed by atoms with Gasteiger partial charge in [-0.1, -0.05) is 0 Å². The van der Waals surface area contributed by atoms with Crippen molar-refractivity contribution >= 4 is 26.0 Å². The van der Waals surface area contributed by atoms with Crippen molar-refractivity contribution in [2.45, 2.75) is 23.8 Å². The standard InChI is InChI=1S/C14H21BrN2O3S/c1-16-8-6-11(7-9-16)17(2)21(18,19)12-4-5-14(20-3)13(15)10-12/h4-5,10-11H,6-9H2,1-3H3/p+1. The molecule has 7 heteroatoms. The molecule has 0 radical (unpaired) electrons. The Bertz CT molecular complexity index is 598. The molecule has 1 aliphatic heterocycles. The van der Waals surface area contributed by atoms with Crippen LogP contribution in [-0.2, 0) is 10.0 Å². The average molecular weight is 378 g/mol. The second kappa shape index (κ2) is 6.64. The summed E-state index contributed by atoms with van der Waals surface area (Å²) in [7, 11) is 1.92. The zero-order valence-corrected chi connectivity index (χ0v) is 15.0. The van der Waals surface area contributed by atoms with Crippen LogP contribution in [0.1, 0.15) is 12.8 Å². The number of halogens is 1. The van der Waals surface area contributed by atoms with Gasteiger partial charge in [-0.05, 0) is 34.1 Å². The van der Waals surface area contributed by atoms with Crippen molar-refractivity contribution in [2.75, 3.05) is 34.3 Å². The lowest BCUT2D eigenvalue weighted by Crippen LogP contribution is -3.10. The van der Waals surface area contributed by atoms with Crippen LogP contribution in [0.15, 0.2) is 27.6 Å². The molecule has 0 bridgehead atoms. The van der Waals surface area contributed by atoms with Crippen molar-refractivity contribution in [1.82, 2.24) is 4.31 Å². The molecule has 118 valence electrons. The molecule has 5 nitrogen and oxygen atoms in total. The molecule has 1 fully saturated rings. The Morgan fingerprint density at radius 1 is 1.33 bits per heavy atom. The fourth-order valence-electron chi connectivity index (χ4n) is 2.63. The van der Waals surface area contributed by atoms with Crippen molar-refractivity contribution < 1.29 is 18.1 Å². The molecule has 1 aromatic rings. The monoisotopic (exact) mass is 377 g/mol. The number of piperidine rings is 1. The lowest BCUT2D eigenvalue weighted by Gasteiger charge is -2.32. The van der Waals surface area contributed by atoms with E-state index >= 15 is 0 Å². The minimum atomic E-state index is -3.47. The number of nitrogens with zero attached hydrogens (tertiary/aromatic N) is 1. The van der Waals surface area contributed by atoms with Gasteiger partial charge in [0.15, 0.2) is 0 Å². The van der Waals surface area contributed by atoms with E-state index in [1.807, 2.05) is 0 Å². The third-order valence-electron chi connectivity index (χ3n) is 4.12. The van der Waals surface area contributed by atoms with Crippen molar-refractivity contribution in [3.63, 3.8) is 0 Å². The van der Waals surface area contributed by atoms with Crippen LogP contribution in [-0.4, -0.2) is 53.1 Å². The summed E-state index contributed by atoms with van der Waals surface area (Å²) in [6, 6.07) is 4.95. The molecule has 1 aromatic carbocycles. The van der Waals surface area contributed by atoms with E-state index in [0.29, 0.717) is 15.1 Å². The number of benzene rings is 1. The first kappa shape index (κ1) is 16.7. The van der Waals surface area contributed by atoms with E-state index in [2.05, 4.69) is 23.0 Å². The van der Waals surface area contributed by atoms with Gasteiger partial charge in [-0.3, -0.25) is 0 Å². The van der Waals surface area contributed by atoms with Gasteiger partial charge in [0.25, 0.3) is 0 Å². The number of hydrogen-bond acceptors (Lipinski definition) is 3. The highest BCUT2D eigenvalue weighted by Gasteiger charge is 2.31. The number of sulfonamides is 1. The van der Waals surface area contributed by atoms with Crippen LogP contribution < -0.4 is 9.64 Å². The van der Waals surface area contributed by atoms with Gasteiger partial charge in [0, 0.05) is 25.9 Å². The van der Waals surface area contributed by atoms with Crippen molar-refractivity contribution in [2.24, 2.45) is 0 Å². The van der Waals surface area contributed by atoms with Gasteiger partial charge >= 0.3 is 0 Å². The van der Waals surface area contributed by atoms with Gasteiger partial charge in [-0.25, -0.2) is 8.42 Å². The average Bonchev–Trinajstić information content (AvgIpc) is 2.47. The Labute approximate surface area is 135 Å². The van der Waals surface area contributed by atoms with Gasteiger partial charge < -0.3 is 9.64 Å². The molecule has 21 heavy (non-hydrogen) atoms. The number of methoxy groups -OCH3 is 1. The summed E-state index contributed by atoms with van der Waals surface area (Å²) in [5.41, 5.74) is 0. The van der Waals surface area contributed by atoms with Gasteiger partial charge in [0.05, 0.1) is 36.6 Å². The first-order chi connectivity index (χ1) is 9.86. The Balaban J connectivity index is 2.22. The normalized spacial score (nSPS) is 23.3. The van der Waals surface area contributed by atoms with E-state index in [4.69, 9.17) is 4.74 Å². The van der Waals surface area contributed by atoms with E-state index < -0.39 is 10.0 Å². The lowest BCUT2D eigenvalue weighted by molar-refractivity contribution is -0.885. The molecular formula is C14H22BrN2O3S+. The van der Waals surface area contributed by atoms with Crippen LogP contribution in [0.2, 0.25) is 0 Å². The smallest absolute Gasteiger partial charge is 0.243 e. The number of ether oxygens (including phenoxy) is 1. The second-order valence-corrected chi connectivity index (χ2v) is 8.36. The summed E-state index contributed by atoms with van der Waals surface area (Å²) in [4.78, 5) is 1.76. The zero-order valence-electron chi connectivity index (χ0n) is 12.6. The zero-order chi connectivity index (χ0) is 15.6. The number of hydrogen-bond donors (Lipinski definition) is 1. The molecule has 1 saturated heterocycles. The molecule has 0 aliphatic carbocycles. The number of nitrogens with one attached hydrogen (secondary N) is 1. The van der Waals surface area contributed by atoms with Crippen LogP contribution in [0, 0.1) is 0 Å². The van der Waals surface area contributed by atoms with E-state index in [1.54, 1.807) is 32.4 Å². The van der Waals surface area contributed by atoms with Crippen LogP contribution in [0.5, 0.6) is 5.75 Å². The Morgan fingerprint density at radius 2 is 1.95 bits per heavy atom. The number of quaternary nitrogens is 1. The number of likely N-dealkylation sites (tertiary alicyclic amines) is 1. The highest BCUT2D eigenvalue weighted by Crippen LogP contribution is 2.29. The van der Waals surface area contributed by atoms with Crippen LogP contribution in [0.3, 0.4) is 0 Å². The summed E-state index contributed by atoms with van der Waals surface area (Å²) in [6.45, 7) is 2.02. The van der Waals surface area contributed by atoms with Crippen LogP contribution in [0.4, 0.5) is 0 Å². The summed E-state index contributed by atoms with van der Waals surface area (Å²) in [6.07, 6.45) is 1.80. The maximum absolute atomic E-state index is 12.7. The summed E-state index contributed by atoms with van der Waals surface area (Å²) < 4.78 is 32.8. The first-order valence-corrected chi connectivity index (χ1v) is 9.22. The second-order valence-electron chi connectivity index (χ2n) is 5.51. The molecule has 1 N–H and O–H groups in total. The van der Waals surface area contributed by atoms with Crippen LogP contribution in [0.25, 0.3) is 0 Å². The van der Waals surface area contributed by atoms with Gasteiger partial charge in [0.2, 0.25) is 10.0 Å². The van der Waals surface area contributed by atoms with Crippen molar-refractivity contribution in [3.05, 3.63) is 22.7 Å². The highest BCUT2D eigenvalue weighted by molar-refractivity contribution is 9.10. The maximum Gasteiger partial charge on any atom is 0.243 e. The molecule has 0 amide bonds. The molecule has 0 spiro atoms. The van der Waals surface area contributed by atoms with Gasteiger partial charge in [-0.15, -0.1) is 0 Å². The summed E-state index contributed by atoms with van der Waals surface area (Å²) in [5.74, 6) is 0.625. The fourth-order valence-corrected chi connectivity index (χ4v) is 4.76. The molecular weight excluding hydrogens is 356 g/mol. The van der Waals surface area contributed by atoms with Crippen LogP contribution >= 0.6 is 15.9 Å². The fraction of sp³-hybridized carbons (Fsp3) is 0.571. The Kier molecular flexibility index (Phi) is 5.29. The van der Waals surface area contributed by atoms with Gasteiger partial charge in [0.1, 0.15) is 5.75 Å². The summed E-state index contributed by atoms with van der Waals surface area (Å²) in [5, 5.41) is 0. The predicted octanol–water partition coefficient (Wildman–Crippen LogP) is 0.755. The molecule has 1 aliphatic rings. The molecule has 0 saturated carbocycles. The Morgan fingerprint density at radius 3 is 2.48 bits per heavy atom. The Hall–Kier alpha value is -0.630. The third-order valence-corrected chi connectivity index (χ3v) is 6.65. The molecule has 0 atom stereocenters. The maximum atomic E-state index is 12.7. The van der Waals surface area contributed by atoms with E-state index in [9.17, 15) is 8.42 Å². The molecule has 0 aromatic heterocycles. The van der Waals surface area contributed by atoms with E-state index in [-0.39, 0.29) is 6.04 Å². The van der Waals surface area contributed by atoms with Gasteiger partial charge in [-0.2, -0.15) is 4.31 Å². The quantitative estimate of drug-likeness (QED) is 0.842. The van der Waals surface area contributed by atoms with Crippen molar-refractivity contribution in [1.29, 1.82) is 0 Å². The minimum Gasteiger partial charge on any atom is -0.496 e. The largest absolute Gasteiger partial charge is 0.496 e. The molecule has 1 heterocycles. The first-order valence-electron chi connectivity index (χ1n) is 6.99. The third kappa shape index (κ3) is 3.59. The minimum absolute atomic E-state index is 0.0829. The highest BCUT2D eigenvalue weighted by atomic mass is 79.9. The van der Waals surface area contributed by atoms with E-state index in [1.165, 1.54) is 9.21 Å². The van der Waals surface area contributed by atoms with Crippen molar-refractivity contribution in [3.8, 4) is 5.75 Å². The topological polar surface area (TPSA) is 51.1 Å². The predicted molar refractivity (Wildman–Crippen MR) is 85.3 cm³/mol. The molecule has 2 rings (SSSR count).